The molecule has 10 heteroatoms. The van der Waals surface area contributed by atoms with Gasteiger partial charge in [0.15, 0.2) is 5.82 Å². The number of aromatic amines is 1. The standard InChI is InChI=1S/C22H22ClN7O2/c1-2-10-29(14-19-27-18-12-16(23)6-7-17(18)21(31)28-19)22(32)25-13-15-5-3-8-24-20(15)30-11-4-9-26-30/h3-9,11-12H,2,10,13-14H2,1H3,(H,25,32)(H,27,28,31). The predicted octanol–water partition coefficient (Wildman–Crippen LogP) is 3.28. The molecule has 2 N–H and O–H groups in total. The Kier molecular flexibility index (Phi) is 6.46. The molecular weight excluding hydrogens is 430 g/mol. The summed E-state index contributed by atoms with van der Waals surface area (Å²) in [6.45, 7) is 2.92. The van der Waals surface area contributed by atoms with Gasteiger partial charge in [0.2, 0.25) is 0 Å². The molecule has 0 aliphatic heterocycles. The van der Waals surface area contributed by atoms with Crippen molar-refractivity contribution in [3.05, 3.63) is 81.8 Å². The van der Waals surface area contributed by atoms with Gasteiger partial charge in [0.1, 0.15) is 5.82 Å². The lowest BCUT2D eigenvalue weighted by Gasteiger charge is -2.22. The fourth-order valence-corrected chi connectivity index (χ4v) is 3.56. The van der Waals surface area contributed by atoms with Crippen molar-refractivity contribution in [1.29, 1.82) is 0 Å². The Morgan fingerprint density at radius 3 is 2.91 bits per heavy atom. The third-order valence-electron chi connectivity index (χ3n) is 4.86. The largest absolute Gasteiger partial charge is 0.334 e. The van der Waals surface area contributed by atoms with Crippen LogP contribution in [0.5, 0.6) is 0 Å². The van der Waals surface area contributed by atoms with Crippen molar-refractivity contribution >= 4 is 28.5 Å². The molecule has 3 aromatic heterocycles. The Labute approximate surface area is 189 Å². The van der Waals surface area contributed by atoms with Gasteiger partial charge >= 0.3 is 6.03 Å². The van der Waals surface area contributed by atoms with Crippen molar-refractivity contribution in [1.82, 2.24) is 34.9 Å². The molecular formula is C22H22ClN7O2. The molecule has 0 fully saturated rings. The number of hydrogen-bond acceptors (Lipinski definition) is 5. The molecule has 32 heavy (non-hydrogen) atoms. The number of rotatable bonds is 7. The molecule has 0 radical (unpaired) electrons. The summed E-state index contributed by atoms with van der Waals surface area (Å²) in [6, 6.07) is 10.2. The van der Waals surface area contributed by atoms with Crippen LogP contribution in [-0.4, -0.2) is 42.2 Å². The Bertz CT molecular complexity index is 1290. The molecule has 0 spiro atoms. The monoisotopic (exact) mass is 451 g/mol. The summed E-state index contributed by atoms with van der Waals surface area (Å²) >= 11 is 6.04. The number of amides is 2. The van der Waals surface area contributed by atoms with Gasteiger partial charge in [-0.3, -0.25) is 4.79 Å². The lowest BCUT2D eigenvalue weighted by Crippen LogP contribution is -2.40. The molecule has 0 aliphatic carbocycles. The van der Waals surface area contributed by atoms with E-state index < -0.39 is 0 Å². The number of hydrogen-bond donors (Lipinski definition) is 2. The second kappa shape index (κ2) is 9.61. The second-order valence-electron chi connectivity index (χ2n) is 7.19. The lowest BCUT2D eigenvalue weighted by molar-refractivity contribution is 0.193. The summed E-state index contributed by atoms with van der Waals surface area (Å²) in [5.41, 5.74) is 1.05. The van der Waals surface area contributed by atoms with Crippen molar-refractivity contribution in [2.75, 3.05) is 6.54 Å². The highest BCUT2D eigenvalue weighted by atomic mass is 35.5. The molecule has 3 heterocycles. The summed E-state index contributed by atoms with van der Waals surface area (Å²) in [6.07, 6.45) is 5.90. The zero-order chi connectivity index (χ0) is 22.5. The number of H-pyrrole nitrogens is 1. The predicted molar refractivity (Wildman–Crippen MR) is 122 cm³/mol. The molecule has 0 aliphatic rings. The van der Waals surface area contributed by atoms with Gasteiger partial charge in [0, 0.05) is 42.3 Å². The molecule has 2 amide bonds. The summed E-state index contributed by atoms with van der Waals surface area (Å²) in [5, 5.41) is 8.09. The van der Waals surface area contributed by atoms with E-state index in [0.29, 0.717) is 34.1 Å². The van der Waals surface area contributed by atoms with Gasteiger partial charge in [0.05, 0.1) is 17.4 Å². The number of halogens is 1. The number of urea groups is 1. The number of benzene rings is 1. The van der Waals surface area contributed by atoms with E-state index in [1.165, 1.54) is 0 Å². The average molecular weight is 452 g/mol. The fourth-order valence-electron chi connectivity index (χ4n) is 3.39. The Morgan fingerprint density at radius 1 is 1.25 bits per heavy atom. The van der Waals surface area contributed by atoms with E-state index >= 15 is 0 Å². The first-order valence-corrected chi connectivity index (χ1v) is 10.6. The quantitative estimate of drug-likeness (QED) is 0.448. The summed E-state index contributed by atoms with van der Waals surface area (Å²) in [5.74, 6) is 1.05. The van der Waals surface area contributed by atoms with Crippen LogP contribution < -0.4 is 10.9 Å². The van der Waals surface area contributed by atoms with E-state index in [9.17, 15) is 9.59 Å². The van der Waals surface area contributed by atoms with Crippen LogP contribution in [0.15, 0.2) is 59.8 Å². The average Bonchev–Trinajstić information content (AvgIpc) is 3.32. The maximum atomic E-state index is 12.9. The van der Waals surface area contributed by atoms with Crippen LogP contribution in [-0.2, 0) is 13.1 Å². The molecule has 9 nitrogen and oxygen atoms in total. The number of aromatic nitrogens is 5. The third kappa shape index (κ3) is 4.78. The molecule has 0 unspecified atom stereocenters. The lowest BCUT2D eigenvalue weighted by atomic mass is 10.2. The molecule has 0 saturated heterocycles. The summed E-state index contributed by atoms with van der Waals surface area (Å²) in [4.78, 5) is 38.6. The van der Waals surface area contributed by atoms with E-state index in [4.69, 9.17) is 11.6 Å². The maximum absolute atomic E-state index is 12.9. The molecule has 0 saturated carbocycles. The fraction of sp³-hybridized carbons (Fsp3) is 0.227. The zero-order valence-electron chi connectivity index (χ0n) is 17.5. The van der Waals surface area contributed by atoms with Crippen LogP contribution >= 0.6 is 11.6 Å². The molecule has 0 bridgehead atoms. The zero-order valence-corrected chi connectivity index (χ0v) is 18.2. The van der Waals surface area contributed by atoms with Crippen molar-refractivity contribution in [2.24, 2.45) is 0 Å². The Balaban J connectivity index is 1.51. The first-order chi connectivity index (χ1) is 15.5. The van der Waals surface area contributed by atoms with Gasteiger partial charge in [-0.15, -0.1) is 0 Å². The van der Waals surface area contributed by atoms with Gasteiger partial charge in [-0.25, -0.2) is 19.4 Å². The van der Waals surface area contributed by atoms with Gasteiger partial charge in [-0.05, 0) is 36.8 Å². The topological polar surface area (TPSA) is 109 Å². The van der Waals surface area contributed by atoms with Gasteiger partial charge in [0.25, 0.3) is 5.56 Å². The van der Waals surface area contributed by atoms with Crippen LogP contribution in [0.2, 0.25) is 5.02 Å². The molecule has 4 aromatic rings. The normalized spacial score (nSPS) is 10.9. The van der Waals surface area contributed by atoms with E-state index in [1.54, 1.807) is 46.4 Å². The van der Waals surface area contributed by atoms with E-state index in [0.717, 1.165) is 12.0 Å². The first-order valence-electron chi connectivity index (χ1n) is 10.2. The van der Waals surface area contributed by atoms with Crippen LogP contribution in [0, 0.1) is 0 Å². The van der Waals surface area contributed by atoms with Gasteiger partial charge in [-0.1, -0.05) is 24.6 Å². The third-order valence-corrected chi connectivity index (χ3v) is 5.09. The number of nitrogens with one attached hydrogen (secondary N) is 2. The van der Waals surface area contributed by atoms with Crippen LogP contribution in [0.25, 0.3) is 16.7 Å². The van der Waals surface area contributed by atoms with Crippen LogP contribution in [0.3, 0.4) is 0 Å². The SMILES string of the molecule is CCCN(Cc1nc2cc(Cl)ccc2c(=O)[nH]1)C(=O)NCc1cccnc1-n1cccn1. The van der Waals surface area contributed by atoms with Crippen molar-refractivity contribution in [2.45, 2.75) is 26.4 Å². The highest BCUT2D eigenvalue weighted by molar-refractivity contribution is 6.31. The van der Waals surface area contributed by atoms with E-state index in [1.807, 2.05) is 25.1 Å². The minimum Gasteiger partial charge on any atom is -0.334 e. The smallest absolute Gasteiger partial charge is 0.318 e. The van der Waals surface area contributed by atoms with E-state index in [-0.39, 0.29) is 24.7 Å². The number of carbonyl (C=O) groups is 1. The second-order valence-corrected chi connectivity index (χ2v) is 7.63. The minimum absolute atomic E-state index is 0.163. The summed E-state index contributed by atoms with van der Waals surface area (Å²) < 4.78 is 1.65. The maximum Gasteiger partial charge on any atom is 0.318 e. The van der Waals surface area contributed by atoms with Crippen LogP contribution in [0.1, 0.15) is 24.7 Å². The Hall–Kier alpha value is -3.72. The number of carbonyl (C=O) groups excluding carboxylic acids is 1. The molecule has 164 valence electrons. The molecule has 0 atom stereocenters. The molecule has 4 rings (SSSR count). The number of nitrogens with zero attached hydrogens (tertiary/aromatic N) is 5. The summed E-state index contributed by atoms with van der Waals surface area (Å²) in [7, 11) is 0. The number of pyridine rings is 1. The highest BCUT2D eigenvalue weighted by Gasteiger charge is 2.16. The number of fused-ring (bicyclic) bond motifs is 1. The minimum atomic E-state index is -0.268. The Morgan fingerprint density at radius 2 is 2.12 bits per heavy atom. The van der Waals surface area contributed by atoms with Crippen molar-refractivity contribution in [3.8, 4) is 5.82 Å². The van der Waals surface area contributed by atoms with Gasteiger partial charge in [-0.2, -0.15) is 5.10 Å². The van der Waals surface area contributed by atoms with Gasteiger partial charge < -0.3 is 15.2 Å². The first kappa shape index (κ1) is 21.5. The van der Waals surface area contributed by atoms with Crippen LogP contribution in [0.4, 0.5) is 4.79 Å². The van der Waals surface area contributed by atoms with Crippen molar-refractivity contribution in [3.63, 3.8) is 0 Å². The van der Waals surface area contributed by atoms with Crippen molar-refractivity contribution < 1.29 is 4.79 Å². The highest BCUT2D eigenvalue weighted by Crippen LogP contribution is 2.15. The van der Waals surface area contributed by atoms with E-state index in [2.05, 4.69) is 25.4 Å². The molecule has 1 aromatic carbocycles.